The van der Waals surface area contributed by atoms with Gasteiger partial charge in [0.25, 0.3) is 0 Å². The van der Waals surface area contributed by atoms with E-state index in [4.69, 9.17) is 8.23 Å². The standard InChI is InChI=1S/C16H24O2Si3/c1-19-17-21(4,16-13-9-6-10-14-16)18-20(2,3)15-11-7-5-8-12-15/h5-14H,19H2,1-4H3. The summed E-state index contributed by atoms with van der Waals surface area (Å²) in [4.78, 5) is 0. The zero-order valence-electron chi connectivity index (χ0n) is 13.3. The molecule has 0 amide bonds. The van der Waals surface area contributed by atoms with Gasteiger partial charge in [-0.3, -0.25) is 0 Å². The summed E-state index contributed by atoms with van der Waals surface area (Å²) in [5.74, 6) is 0. The lowest BCUT2D eigenvalue weighted by Gasteiger charge is -2.36. The van der Waals surface area contributed by atoms with Crippen LogP contribution in [-0.4, -0.2) is 26.6 Å². The van der Waals surface area contributed by atoms with Crippen molar-refractivity contribution in [2.24, 2.45) is 0 Å². The first kappa shape index (κ1) is 16.4. The maximum atomic E-state index is 6.73. The van der Waals surface area contributed by atoms with Crippen LogP contribution in [0.15, 0.2) is 60.7 Å². The Bertz CT molecular complexity index is 560. The topological polar surface area (TPSA) is 18.5 Å². The molecular formula is C16H24O2Si3. The molecule has 2 nitrogen and oxygen atoms in total. The van der Waals surface area contributed by atoms with Gasteiger partial charge in [0.15, 0.2) is 0 Å². The average molecular weight is 333 g/mol. The molecule has 0 aliphatic heterocycles. The summed E-state index contributed by atoms with van der Waals surface area (Å²) in [6.45, 7) is 8.89. The van der Waals surface area contributed by atoms with Gasteiger partial charge >= 0.3 is 8.56 Å². The summed E-state index contributed by atoms with van der Waals surface area (Å²) in [5, 5.41) is 2.55. The van der Waals surface area contributed by atoms with Crippen LogP contribution in [-0.2, 0) is 8.23 Å². The molecule has 1 atom stereocenters. The van der Waals surface area contributed by atoms with Crippen LogP contribution < -0.4 is 10.4 Å². The lowest BCUT2D eigenvalue weighted by molar-refractivity contribution is 0.425. The van der Waals surface area contributed by atoms with Gasteiger partial charge in [-0.15, -0.1) is 0 Å². The van der Waals surface area contributed by atoms with E-state index in [1.165, 1.54) is 10.4 Å². The third kappa shape index (κ3) is 4.02. The summed E-state index contributed by atoms with van der Waals surface area (Å²) in [5.41, 5.74) is 0. The molecule has 2 aromatic rings. The quantitative estimate of drug-likeness (QED) is 0.755. The van der Waals surface area contributed by atoms with E-state index in [9.17, 15) is 0 Å². The van der Waals surface area contributed by atoms with Crippen molar-refractivity contribution < 1.29 is 8.23 Å². The molecule has 1 unspecified atom stereocenters. The fourth-order valence-corrected chi connectivity index (χ4v) is 12.8. The van der Waals surface area contributed by atoms with Crippen molar-refractivity contribution in [2.45, 2.75) is 26.2 Å². The van der Waals surface area contributed by atoms with Crippen molar-refractivity contribution in [3.05, 3.63) is 60.7 Å². The van der Waals surface area contributed by atoms with Crippen molar-refractivity contribution in [3.63, 3.8) is 0 Å². The molecule has 0 aliphatic rings. The molecular weight excluding hydrogens is 308 g/mol. The molecule has 0 N–H and O–H groups in total. The van der Waals surface area contributed by atoms with E-state index in [0.29, 0.717) is 0 Å². The highest BCUT2D eigenvalue weighted by Crippen LogP contribution is 2.16. The third-order valence-electron chi connectivity index (χ3n) is 3.64. The van der Waals surface area contributed by atoms with Crippen molar-refractivity contribution in [2.75, 3.05) is 0 Å². The average Bonchev–Trinajstić information content (AvgIpc) is 2.49. The summed E-state index contributed by atoms with van der Waals surface area (Å²) in [6.07, 6.45) is 0. The second kappa shape index (κ2) is 6.85. The normalized spacial score (nSPS) is 15.2. The fraction of sp³-hybridized carbons (Fsp3) is 0.250. The zero-order chi connectivity index (χ0) is 15.3. The van der Waals surface area contributed by atoms with Crippen LogP contribution in [0.5, 0.6) is 0 Å². The Morgan fingerprint density at radius 1 is 0.762 bits per heavy atom. The number of benzene rings is 2. The Labute approximate surface area is 132 Å². The first-order chi connectivity index (χ1) is 9.98. The molecule has 2 rings (SSSR count). The van der Waals surface area contributed by atoms with E-state index in [1.54, 1.807) is 0 Å². The van der Waals surface area contributed by atoms with Crippen molar-refractivity contribution >= 4 is 37.0 Å². The molecule has 0 fully saturated rings. The van der Waals surface area contributed by atoms with Gasteiger partial charge in [0, 0.05) is 0 Å². The summed E-state index contributed by atoms with van der Waals surface area (Å²) < 4.78 is 13.0. The second-order valence-electron chi connectivity index (χ2n) is 5.72. The van der Waals surface area contributed by atoms with Gasteiger partial charge in [0.1, 0.15) is 9.76 Å². The Kier molecular flexibility index (Phi) is 5.34. The maximum Gasteiger partial charge on any atom is 0.348 e. The minimum atomic E-state index is -2.32. The molecule has 0 radical (unpaired) electrons. The molecule has 0 aromatic heterocycles. The minimum absolute atomic E-state index is 0.524. The van der Waals surface area contributed by atoms with Crippen LogP contribution in [0, 0.1) is 0 Å². The van der Waals surface area contributed by atoms with Gasteiger partial charge in [0.05, 0.1) is 0 Å². The molecule has 0 saturated carbocycles. The molecule has 21 heavy (non-hydrogen) atoms. The summed E-state index contributed by atoms with van der Waals surface area (Å²) in [7, 11) is -4.82. The predicted molar refractivity (Wildman–Crippen MR) is 97.8 cm³/mol. The number of hydrogen-bond donors (Lipinski definition) is 0. The monoisotopic (exact) mass is 332 g/mol. The number of rotatable bonds is 6. The highest BCUT2D eigenvalue weighted by Gasteiger charge is 2.40. The summed E-state index contributed by atoms with van der Waals surface area (Å²) >= 11 is 0. The maximum absolute atomic E-state index is 6.73. The number of hydrogen-bond acceptors (Lipinski definition) is 2. The van der Waals surface area contributed by atoms with Gasteiger partial charge in [0.2, 0.25) is 8.32 Å². The van der Waals surface area contributed by atoms with E-state index < -0.39 is 26.6 Å². The van der Waals surface area contributed by atoms with Crippen LogP contribution in [0.2, 0.25) is 26.2 Å². The van der Waals surface area contributed by atoms with E-state index >= 15 is 0 Å². The lowest BCUT2D eigenvalue weighted by atomic mass is 10.4. The fourth-order valence-electron chi connectivity index (χ4n) is 2.57. The van der Waals surface area contributed by atoms with Crippen LogP contribution in [0.4, 0.5) is 0 Å². The van der Waals surface area contributed by atoms with Crippen LogP contribution in [0.25, 0.3) is 0 Å². The van der Waals surface area contributed by atoms with Gasteiger partial charge in [-0.25, -0.2) is 0 Å². The summed E-state index contributed by atoms with van der Waals surface area (Å²) in [6, 6.07) is 21.1. The SMILES string of the molecule is C[SiH2]O[Si](C)(O[Si](C)(C)c1ccccc1)c1ccccc1. The van der Waals surface area contributed by atoms with Crippen LogP contribution in [0.1, 0.15) is 0 Å². The van der Waals surface area contributed by atoms with Crippen LogP contribution in [0.3, 0.4) is 0 Å². The molecule has 0 aliphatic carbocycles. The van der Waals surface area contributed by atoms with E-state index in [1.807, 2.05) is 6.07 Å². The predicted octanol–water partition coefficient (Wildman–Crippen LogP) is 2.24. The second-order valence-corrected chi connectivity index (χ2v) is 14.3. The van der Waals surface area contributed by atoms with Crippen LogP contribution >= 0.6 is 0 Å². The molecule has 5 heteroatoms. The first-order valence-corrected chi connectivity index (χ1v) is 14.6. The molecule has 112 valence electrons. The Morgan fingerprint density at radius 2 is 1.24 bits per heavy atom. The van der Waals surface area contributed by atoms with E-state index in [2.05, 4.69) is 80.8 Å². The largest absolute Gasteiger partial charge is 0.439 e. The first-order valence-electron chi connectivity index (χ1n) is 7.43. The van der Waals surface area contributed by atoms with Crippen molar-refractivity contribution in [3.8, 4) is 0 Å². The van der Waals surface area contributed by atoms with Crippen molar-refractivity contribution in [1.82, 2.24) is 0 Å². The Hall–Kier alpha value is -0.989. The van der Waals surface area contributed by atoms with Gasteiger partial charge in [-0.2, -0.15) is 0 Å². The molecule has 2 aromatic carbocycles. The molecule has 0 bridgehead atoms. The highest BCUT2D eigenvalue weighted by atomic mass is 28.5. The van der Waals surface area contributed by atoms with E-state index in [0.717, 1.165) is 0 Å². The Morgan fingerprint density at radius 3 is 1.71 bits per heavy atom. The third-order valence-corrected chi connectivity index (χ3v) is 13.7. The highest BCUT2D eigenvalue weighted by molar-refractivity contribution is 6.95. The Balaban J connectivity index is 2.32. The zero-order valence-corrected chi connectivity index (χ0v) is 16.7. The van der Waals surface area contributed by atoms with Crippen molar-refractivity contribution in [1.29, 1.82) is 0 Å². The minimum Gasteiger partial charge on any atom is -0.439 e. The molecule has 0 heterocycles. The van der Waals surface area contributed by atoms with E-state index in [-0.39, 0.29) is 0 Å². The van der Waals surface area contributed by atoms with Gasteiger partial charge in [-0.1, -0.05) is 67.2 Å². The van der Waals surface area contributed by atoms with Gasteiger partial charge < -0.3 is 8.23 Å². The molecule has 0 spiro atoms. The lowest BCUT2D eigenvalue weighted by Crippen LogP contribution is -2.61. The smallest absolute Gasteiger partial charge is 0.348 e. The molecule has 0 saturated heterocycles. The van der Waals surface area contributed by atoms with Gasteiger partial charge in [-0.05, 0) is 30.0 Å².